The molecule has 7 nitrogen and oxygen atoms in total. The van der Waals surface area contributed by atoms with Crippen LogP contribution in [0.3, 0.4) is 0 Å². The SMILES string of the molecule is C[C@H](OC(=O)c1ccc(COc2ccc(F)cc2)o1)C(=O)N1CCOCC1. The third-order valence-corrected chi connectivity index (χ3v) is 4.01. The number of carbonyl (C=O) groups is 2. The van der Waals surface area contributed by atoms with Crippen LogP contribution in [0.5, 0.6) is 5.75 Å². The van der Waals surface area contributed by atoms with E-state index in [1.165, 1.54) is 37.3 Å². The zero-order chi connectivity index (χ0) is 19.2. The van der Waals surface area contributed by atoms with Gasteiger partial charge in [-0.25, -0.2) is 9.18 Å². The maximum Gasteiger partial charge on any atom is 0.375 e. The molecule has 1 aliphatic rings. The molecule has 0 N–H and O–H groups in total. The summed E-state index contributed by atoms with van der Waals surface area (Å²) in [6.45, 7) is 3.50. The van der Waals surface area contributed by atoms with Crippen molar-refractivity contribution >= 4 is 11.9 Å². The molecule has 1 aromatic heterocycles. The average molecular weight is 377 g/mol. The predicted molar refractivity (Wildman–Crippen MR) is 91.7 cm³/mol. The molecule has 3 rings (SSSR count). The molecular formula is C19H20FNO6. The number of esters is 1. The lowest BCUT2D eigenvalue weighted by molar-refractivity contribution is -0.143. The minimum atomic E-state index is -0.917. The first-order chi connectivity index (χ1) is 13.0. The van der Waals surface area contributed by atoms with Gasteiger partial charge in [0, 0.05) is 13.1 Å². The monoisotopic (exact) mass is 377 g/mol. The number of hydrogen-bond donors (Lipinski definition) is 0. The smallest absolute Gasteiger partial charge is 0.375 e. The summed E-state index contributed by atoms with van der Waals surface area (Å²) in [6.07, 6.45) is -0.917. The highest BCUT2D eigenvalue weighted by molar-refractivity contribution is 5.90. The van der Waals surface area contributed by atoms with Crippen LogP contribution in [0.4, 0.5) is 4.39 Å². The Kier molecular flexibility index (Phi) is 6.08. The molecule has 0 spiro atoms. The van der Waals surface area contributed by atoms with Gasteiger partial charge in [0.25, 0.3) is 5.91 Å². The zero-order valence-electron chi connectivity index (χ0n) is 14.9. The molecule has 2 aromatic rings. The van der Waals surface area contributed by atoms with Crippen LogP contribution in [0.1, 0.15) is 23.2 Å². The predicted octanol–water partition coefficient (Wildman–Crippen LogP) is 2.40. The standard InChI is InChI=1S/C19H20FNO6/c1-13(18(22)21-8-10-24-11-9-21)26-19(23)17-7-6-16(27-17)12-25-15-4-2-14(20)3-5-15/h2-7,13H,8-12H2,1H3/t13-/m0/s1. The molecule has 0 unspecified atom stereocenters. The molecular weight excluding hydrogens is 357 g/mol. The molecule has 0 radical (unpaired) electrons. The Morgan fingerprint density at radius 1 is 1.15 bits per heavy atom. The minimum Gasteiger partial charge on any atom is -0.486 e. The van der Waals surface area contributed by atoms with Gasteiger partial charge in [0.05, 0.1) is 13.2 Å². The van der Waals surface area contributed by atoms with E-state index in [1.807, 2.05) is 0 Å². The van der Waals surface area contributed by atoms with E-state index < -0.39 is 12.1 Å². The number of furan rings is 1. The van der Waals surface area contributed by atoms with Gasteiger partial charge in [-0.15, -0.1) is 0 Å². The van der Waals surface area contributed by atoms with Crippen LogP contribution in [0.25, 0.3) is 0 Å². The average Bonchev–Trinajstić information content (AvgIpc) is 3.17. The van der Waals surface area contributed by atoms with Crippen molar-refractivity contribution in [3.05, 3.63) is 53.7 Å². The van der Waals surface area contributed by atoms with Crippen molar-refractivity contribution in [2.24, 2.45) is 0 Å². The second kappa shape index (κ2) is 8.68. The van der Waals surface area contributed by atoms with E-state index in [2.05, 4.69) is 0 Å². The molecule has 0 saturated carbocycles. The molecule has 1 aromatic carbocycles. The third-order valence-electron chi connectivity index (χ3n) is 4.01. The minimum absolute atomic E-state index is 0.0191. The number of hydrogen-bond acceptors (Lipinski definition) is 6. The summed E-state index contributed by atoms with van der Waals surface area (Å²) in [4.78, 5) is 26.0. The molecule has 1 atom stereocenters. The van der Waals surface area contributed by atoms with Crippen LogP contribution in [-0.2, 0) is 20.9 Å². The number of amides is 1. The second-order valence-electron chi connectivity index (χ2n) is 5.99. The van der Waals surface area contributed by atoms with Gasteiger partial charge < -0.3 is 23.5 Å². The molecule has 2 heterocycles. The number of carbonyl (C=O) groups excluding carboxylic acids is 2. The molecule has 144 valence electrons. The Hall–Kier alpha value is -2.87. The normalized spacial score (nSPS) is 15.3. The number of morpholine rings is 1. The van der Waals surface area contributed by atoms with Gasteiger partial charge in [-0.2, -0.15) is 0 Å². The second-order valence-corrected chi connectivity index (χ2v) is 5.99. The molecule has 27 heavy (non-hydrogen) atoms. The van der Waals surface area contributed by atoms with Gasteiger partial charge in [0.1, 0.15) is 23.9 Å². The van der Waals surface area contributed by atoms with Crippen molar-refractivity contribution in [3.63, 3.8) is 0 Å². The number of ether oxygens (including phenoxy) is 3. The van der Waals surface area contributed by atoms with Crippen molar-refractivity contribution < 1.29 is 32.6 Å². The van der Waals surface area contributed by atoms with Crippen molar-refractivity contribution in [2.75, 3.05) is 26.3 Å². The van der Waals surface area contributed by atoms with E-state index in [4.69, 9.17) is 18.6 Å². The van der Waals surface area contributed by atoms with Crippen LogP contribution in [0.2, 0.25) is 0 Å². The van der Waals surface area contributed by atoms with E-state index >= 15 is 0 Å². The van der Waals surface area contributed by atoms with Gasteiger partial charge in [-0.3, -0.25) is 4.79 Å². The number of halogens is 1. The van der Waals surface area contributed by atoms with Crippen molar-refractivity contribution in [3.8, 4) is 5.75 Å². The maximum absolute atomic E-state index is 12.9. The van der Waals surface area contributed by atoms with Crippen LogP contribution < -0.4 is 4.74 Å². The first kappa shape index (κ1) is 18.9. The fourth-order valence-corrected chi connectivity index (χ4v) is 2.56. The number of rotatable bonds is 6. The van der Waals surface area contributed by atoms with Gasteiger partial charge in [0.2, 0.25) is 5.76 Å². The van der Waals surface area contributed by atoms with Crippen LogP contribution in [0.15, 0.2) is 40.8 Å². The lowest BCUT2D eigenvalue weighted by Crippen LogP contribution is -2.46. The molecule has 0 aliphatic carbocycles. The van der Waals surface area contributed by atoms with E-state index in [0.717, 1.165) is 0 Å². The first-order valence-corrected chi connectivity index (χ1v) is 8.57. The highest BCUT2D eigenvalue weighted by atomic mass is 19.1. The van der Waals surface area contributed by atoms with Gasteiger partial charge in [-0.05, 0) is 43.3 Å². The van der Waals surface area contributed by atoms with E-state index in [-0.39, 0.29) is 24.1 Å². The third kappa shape index (κ3) is 5.07. The topological polar surface area (TPSA) is 78.2 Å². The van der Waals surface area contributed by atoms with E-state index in [1.54, 1.807) is 11.0 Å². The van der Waals surface area contributed by atoms with E-state index in [0.29, 0.717) is 37.8 Å². The van der Waals surface area contributed by atoms with Crippen LogP contribution >= 0.6 is 0 Å². The molecule has 0 bridgehead atoms. The number of nitrogens with zero attached hydrogens (tertiary/aromatic N) is 1. The molecule has 8 heteroatoms. The summed E-state index contributed by atoms with van der Waals surface area (Å²) in [5, 5.41) is 0. The van der Waals surface area contributed by atoms with Crippen molar-refractivity contribution in [2.45, 2.75) is 19.6 Å². The van der Waals surface area contributed by atoms with Crippen molar-refractivity contribution in [1.82, 2.24) is 4.90 Å². The summed E-state index contributed by atoms with van der Waals surface area (Å²) in [5.41, 5.74) is 0. The molecule has 1 saturated heterocycles. The first-order valence-electron chi connectivity index (χ1n) is 8.57. The molecule has 1 aliphatic heterocycles. The summed E-state index contributed by atoms with van der Waals surface area (Å²) in [5.74, 6) is -0.490. The largest absolute Gasteiger partial charge is 0.486 e. The summed E-state index contributed by atoms with van der Waals surface area (Å²) >= 11 is 0. The van der Waals surface area contributed by atoms with Gasteiger partial charge in [-0.1, -0.05) is 0 Å². The summed E-state index contributed by atoms with van der Waals surface area (Å²) in [7, 11) is 0. The zero-order valence-corrected chi connectivity index (χ0v) is 14.9. The van der Waals surface area contributed by atoms with Crippen LogP contribution in [-0.4, -0.2) is 49.2 Å². The highest BCUT2D eigenvalue weighted by Crippen LogP contribution is 2.16. The quantitative estimate of drug-likeness (QED) is 0.720. The van der Waals surface area contributed by atoms with Crippen molar-refractivity contribution in [1.29, 1.82) is 0 Å². The summed E-state index contributed by atoms with van der Waals surface area (Å²) < 4.78 is 34.1. The van der Waals surface area contributed by atoms with Gasteiger partial charge >= 0.3 is 5.97 Å². The molecule has 1 fully saturated rings. The summed E-state index contributed by atoms with van der Waals surface area (Å²) in [6, 6.07) is 8.59. The van der Waals surface area contributed by atoms with Gasteiger partial charge in [0.15, 0.2) is 6.10 Å². The lowest BCUT2D eigenvalue weighted by Gasteiger charge is -2.28. The maximum atomic E-state index is 12.9. The lowest BCUT2D eigenvalue weighted by atomic mass is 10.3. The Labute approximate surface area is 155 Å². The number of benzene rings is 1. The van der Waals surface area contributed by atoms with E-state index in [9.17, 15) is 14.0 Å². The Bertz CT molecular complexity index is 782. The Morgan fingerprint density at radius 2 is 1.85 bits per heavy atom. The highest BCUT2D eigenvalue weighted by Gasteiger charge is 2.26. The Balaban J connectivity index is 1.51. The fraction of sp³-hybridized carbons (Fsp3) is 0.368. The fourth-order valence-electron chi connectivity index (χ4n) is 2.56. The Morgan fingerprint density at radius 3 is 2.56 bits per heavy atom. The van der Waals surface area contributed by atoms with Crippen LogP contribution in [0, 0.1) is 5.82 Å². The molecule has 1 amide bonds.